The lowest BCUT2D eigenvalue weighted by atomic mass is 10.1. The Hall–Kier alpha value is -1.84. The van der Waals surface area contributed by atoms with E-state index in [1.807, 2.05) is 12.1 Å². The van der Waals surface area contributed by atoms with E-state index in [4.69, 9.17) is 0 Å². The fraction of sp³-hybridized carbons (Fsp3) is 0.438. The molecule has 2 heterocycles. The van der Waals surface area contributed by atoms with Crippen LogP contribution in [-0.2, 0) is 11.3 Å². The van der Waals surface area contributed by atoms with Crippen molar-refractivity contribution in [2.45, 2.75) is 19.5 Å². The topological polar surface area (TPSA) is 85.8 Å². The third-order valence-electron chi connectivity index (χ3n) is 3.89. The van der Waals surface area contributed by atoms with Gasteiger partial charge in [-0.15, -0.1) is 24.0 Å². The van der Waals surface area contributed by atoms with Gasteiger partial charge < -0.3 is 20.9 Å². The molecule has 0 aliphatic carbocycles. The minimum absolute atomic E-state index is 0. The molecule has 2 amide bonds. The molecular formula is C16H22IN5O2. The Bertz CT molecular complexity index is 632. The standard InChI is InChI=1S/C16H21N5O2.HI/c1-11-8-18-16(20-11)19-9-12-2-4-13(5-3-12)15(23)21-7-6-17-14(22)10-21;/h2-5,11H,6-10H2,1H3,(H,17,22)(H2,18,19,20);1H. The zero-order valence-corrected chi connectivity index (χ0v) is 15.9. The minimum atomic E-state index is -0.107. The van der Waals surface area contributed by atoms with Crippen LogP contribution in [0.15, 0.2) is 29.3 Å². The van der Waals surface area contributed by atoms with E-state index in [2.05, 4.69) is 27.9 Å². The zero-order chi connectivity index (χ0) is 16.2. The number of hydrogen-bond donors (Lipinski definition) is 3. The van der Waals surface area contributed by atoms with Crippen molar-refractivity contribution in [1.82, 2.24) is 20.9 Å². The molecule has 3 N–H and O–H groups in total. The smallest absolute Gasteiger partial charge is 0.254 e. The van der Waals surface area contributed by atoms with Crippen LogP contribution in [0.25, 0.3) is 0 Å². The molecule has 1 atom stereocenters. The Morgan fingerprint density at radius 3 is 2.75 bits per heavy atom. The van der Waals surface area contributed by atoms with Crippen molar-refractivity contribution in [2.75, 3.05) is 26.2 Å². The minimum Gasteiger partial charge on any atom is -0.353 e. The molecule has 24 heavy (non-hydrogen) atoms. The van der Waals surface area contributed by atoms with Crippen LogP contribution in [0, 0.1) is 0 Å². The molecule has 8 heteroatoms. The van der Waals surface area contributed by atoms with Crippen molar-refractivity contribution in [3.8, 4) is 0 Å². The number of nitrogens with zero attached hydrogens (tertiary/aromatic N) is 2. The molecule has 0 bridgehead atoms. The summed E-state index contributed by atoms with van der Waals surface area (Å²) in [6, 6.07) is 7.82. The van der Waals surface area contributed by atoms with E-state index < -0.39 is 0 Å². The fourth-order valence-corrected chi connectivity index (χ4v) is 2.61. The normalized spacial score (nSPS) is 19.7. The van der Waals surface area contributed by atoms with Gasteiger partial charge in [-0.2, -0.15) is 0 Å². The first kappa shape index (κ1) is 18.5. The Morgan fingerprint density at radius 2 is 2.12 bits per heavy atom. The van der Waals surface area contributed by atoms with Gasteiger partial charge in [0.05, 0.1) is 13.1 Å². The molecule has 1 unspecified atom stereocenters. The number of halogens is 1. The highest BCUT2D eigenvalue weighted by Crippen LogP contribution is 2.09. The van der Waals surface area contributed by atoms with Crippen LogP contribution in [0.2, 0.25) is 0 Å². The van der Waals surface area contributed by atoms with Crippen LogP contribution < -0.4 is 16.0 Å². The maximum Gasteiger partial charge on any atom is 0.254 e. The first-order valence-corrected chi connectivity index (χ1v) is 7.81. The second kappa shape index (κ2) is 8.32. The average Bonchev–Trinajstić information content (AvgIpc) is 2.98. The first-order valence-electron chi connectivity index (χ1n) is 7.81. The molecule has 7 nitrogen and oxygen atoms in total. The van der Waals surface area contributed by atoms with Crippen LogP contribution in [0.3, 0.4) is 0 Å². The van der Waals surface area contributed by atoms with Crippen molar-refractivity contribution in [2.24, 2.45) is 4.99 Å². The van der Waals surface area contributed by atoms with E-state index in [1.165, 1.54) is 0 Å². The van der Waals surface area contributed by atoms with Gasteiger partial charge in [0, 0.05) is 31.2 Å². The Labute approximate surface area is 158 Å². The SMILES string of the molecule is CC1CN=C(NCc2ccc(C(=O)N3CCNC(=O)C3)cc2)N1.I. The summed E-state index contributed by atoms with van der Waals surface area (Å²) in [6.07, 6.45) is 0. The number of carbonyl (C=O) groups is 2. The number of rotatable bonds is 3. The quantitative estimate of drug-likeness (QED) is 0.588. The van der Waals surface area contributed by atoms with Gasteiger partial charge in [-0.1, -0.05) is 12.1 Å². The summed E-state index contributed by atoms with van der Waals surface area (Å²) in [5.74, 6) is 0.608. The zero-order valence-electron chi connectivity index (χ0n) is 13.5. The van der Waals surface area contributed by atoms with Crippen molar-refractivity contribution >= 4 is 41.8 Å². The van der Waals surface area contributed by atoms with E-state index in [0.717, 1.165) is 18.1 Å². The summed E-state index contributed by atoms with van der Waals surface area (Å²) >= 11 is 0. The summed E-state index contributed by atoms with van der Waals surface area (Å²) in [5, 5.41) is 9.19. The lowest BCUT2D eigenvalue weighted by Crippen LogP contribution is -2.49. The highest BCUT2D eigenvalue weighted by molar-refractivity contribution is 14.0. The van der Waals surface area contributed by atoms with Crippen LogP contribution in [0.5, 0.6) is 0 Å². The number of piperazine rings is 1. The fourth-order valence-electron chi connectivity index (χ4n) is 2.61. The lowest BCUT2D eigenvalue weighted by Gasteiger charge is -2.26. The number of carbonyl (C=O) groups excluding carboxylic acids is 2. The van der Waals surface area contributed by atoms with Crippen LogP contribution in [-0.4, -0.2) is 54.9 Å². The summed E-state index contributed by atoms with van der Waals surface area (Å²) in [6.45, 7) is 4.72. The van der Waals surface area contributed by atoms with Gasteiger partial charge in [-0.3, -0.25) is 14.6 Å². The van der Waals surface area contributed by atoms with Gasteiger partial charge in [0.2, 0.25) is 5.91 Å². The Morgan fingerprint density at radius 1 is 1.38 bits per heavy atom. The van der Waals surface area contributed by atoms with Crippen molar-refractivity contribution in [3.63, 3.8) is 0 Å². The second-order valence-corrected chi connectivity index (χ2v) is 5.86. The summed E-state index contributed by atoms with van der Waals surface area (Å²) in [5.41, 5.74) is 1.68. The maximum absolute atomic E-state index is 12.4. The average molecular weight is 443 g/mol. The van der Waals surface area contributed by atoms with Crippen LogP contribution >= 0.6 is 24.0 Å². The summed E-state index contributed by atoms with van der Waals surface area (Å²) < 4.78 is 0. The molecule has 0 spiro atoms. The van der Waals surface area contributed by atoms with Crippen molar-refractivity contribution in [3.05, 3.63) is 35.4 Å². The van der Waals surface area contributed by atoms with E-state index in [0.29, 0.717) is 31.2 Å². The summed E-state index contributed by atoms with van der Waals surface area (Å²) in [4.78, 5) is 29.6. The van der Waals surface area contributed by atoms with Gasteiger partial charge >= 0.3 is 0 Å². The number of hydrogen-bond acceptors (Lipinski definition) is 5. The number of nitrogens with one attached hydrogen (secondary N) is 3. The lowest BCUT2D eigenvalue weighted by molar-refractivity contribution is -0.123. The second-order valence-electron chi connectivity index (χ2n) is 5.86. The van der Waals surface area contributed by atoms with E-state index in [1.54, 1.807) is 17.0 Å². The highest BCUT2D eigenvalue weighted by Gasteiger charge is 2.22. The first-order chi connectivity index (χ1) is 11.1. The summed E-state index contributed by atoms with van der Waals surface area (Å²) in [7, 11) is 0. The van der Waals surface area contributed by atoms with Crippen molar-refractivity contribution in [1.29, 1.82) is 0 Å². The molecule has 130 valence electrons. The van der Waals surface area contributed by atoms with Crippen LogP contribution in [0.4, 0.5) is 0 Å². The number of aliphatic imine (C=N–C) groups is 1. The van der Waals surface area contributed by atoms with Gasteiger partial charge in [0.1, 0.15) is 0 Å². The van der Waals surface area contributed by atoms with Crippen molar-refractivity contribution < 1.29 is 9.59 Å². The molecule has 2 aliphatic heterocycles. The molecular weight excluding hydrogens is 421 g/mol. The molecule has 1 saturated heterocycles. The third-order valence-corrected chi connectivity index (χ3v) is 3.89. The van der Waals surface area contributed by atoms with Gasteiger partial charge in [0.15, 0.2) is 5.96 Å². The molecule has 1 aromatic rings. The monoisotopic (exact) mass is 443 g/mol. The Kier molecular flexibility index (Phi) is 6.41. The van der Waals surface area contributed by atoms with E-state index in [9.17, 15) is 9.59 Å². The van der Waals surface area contributed by atoms with Gasteiger partial charge in [-0.25, -0.2) is 0 Å². The molecule has 2 aliphatic rings. The van der Waals surface area contributed by atoms with E-state index >= 15 is 0 Å². The van der Waals surface area contributed by atoms with Gasteiger partial charge in [-0.05, 0) is 24.6 Å². The van der Waals surface area contributed by atoms with Gasteiger partial charge in [0.25, 0.3) is 5.91 Å². The molecule has 0 aromatic heterocycles. The molecule has 1 aromatic carbocycles. The molecule has 0 saturated carbocycles. The number of amides is 2. The predicted molar refractivity (Wildman–Crippen MR) is 103 cm³/mol. The maximum atomic E-state index is 12.4. The Balaban J connectivity index is 0.00000208. The highest BCUT2D eigenvalue weighted by atomic mass is 127. The molecule has 1 fully saturated rings. The van der Waals surface area contributed by atoms with E-state index in [-0.39, 0.29) is 42.3 Å². The third kappa shape index (κ3) is 4.59. The van der Waals surface area contributed by atoms with Crippen LogP contribution in [0.1, 0.15) is 22.8 Å². The number of benzene rings is 1. The number of guanidine groups is 1. The predicted octanol–water partition coefficient (Wildman–Crippen LogP) is 0.314. The molecule has 0 radical (unpaired) electrons. The molecule has 3 rings (SSSR count). The largest absolute Gasteiger partial charge is 0.353 e.